The number of ether oxygens (including phenoxy) is 2. The number of aromatic nitrogens is 6. The van der Waals surface area contributed by atoms with Crippen molar-refractivity contribution in [3.8, 4) is 11.5 Å². The van der Waals surface area contributed by atoms with Crippen molar-refractivity contribution in [1.82, 2.24) is 34.3 Å². The van der Waals surface area contributed by atoms with Crippen molar-refractivity contribution < 1.29 is 17.9 Å². The van der Waals surface area contributed by atoms with Gasteiger partial charge in [0.05, 0.1) is 38.9 Å². The van der Waals surface area contributed by atoms with Crippen LogP contribution in [0.3, 0.4) is 0 Å². The SMILES string of the molecule is COc1ccc(OC)c(S(=O)(=O)N2CC(n3cc(Cn4nccn4)nn3)C2)c1. The summed E-state index contributed by atoms with van der Waals surface area (Å²) in [7, 11) is -0.789. The van der Waals surface area contributed by atoms with Crippen molar-refractivity contribution in [2.45, 2.75) is 17.5 Å². The highest BCUT2D eigenvalue weighted by molar-refractivity contribution is 7.89. The lowest BCUT2D eigenvalue weighted by atomic mass is 10.2. The zero-order valence-corrected chi connectivity index (χ0v) is 16.2. The zero-order chi connectivity index (χ0) is 19.7. The van der Waals surface area contributed by atoms with Gasteiger partial charge in [-0.25, -0.2) is 13.1 Å². The smallest absolute Gasteiger partial charge is 0.247 e. The molecule has 1 fully saturated rings. The van der Waals surface area contributed by atoms with Crippen LogP contribution >= 0.6 is 0 Å². The van der Waals surface area contributed by atoms with Crippen LogP contribution in [0.25, 0.3) is 0 Å². The van der Waals surface area contributed by atoms with Gasteiger partial charge in [-0.15, -0.1) is 5.10 Å². The van der Waals surface area contributed by atoms with Crippen molar-refractivity contribution >= 4 is 10.0 Å². The average molecular weight is 405 g/mol. The monoisotopic (exact) mass is 405 g/mol. The summed E-state index contributed by atoms with van der Waals surface area (Å²) in [5.41, 5.74) is 0.701. The molecular formula is C16H19N7O4S. The fourth-order valence-electron chi connectivity index (χ4n) is 2.94. The van der Waals surface area contributed by atoms with Gasteiger partial charge in [0, 0.05) is 19.2 Å². The Morgan fingerprint density at radius 3 is 2.57 bits per heavy atom. The van der Waals surface area contributed by atoms with Crippen LogP contribution in [0.5, 0.6) is 11.5 Å². The summed E-state index contributed by atoms with van der Waals surface area (Å²) >= 11 is 0. The molecule has 4 rings (SSSR count). The molecule has 1 aliphatic heterocycles. The second-order valence-corrected chi connectivity index (χ2v) is 8.15. The lowest BCUT2D eigenvalue weighted by Gasteiger charge is -2.37. The van der Waals surface area contributed by atoms with Gasteiger partial charge in [-0.1, -0.05) is 5.21 Å². The minimum Gasteiger partial charge on any atom is -0.497 e. The molecule has 0 radical (unpaired) electrons. The van der Waals surface area contributed by atoms with E-state index in [4.69, 9.17) is 9.47 Å². The summed E-state index contributed by atoms with van der Waals surface area (Å²) in [6, 6.07) is 4.61. The van der Waals surface area contributed by atoms with Gasteiger partial charge in [0.1, 0.15) is 28.6 Å². The molecule has 3 heterocycles. The number of sulfonamides is 1. The predicted octanol–water partition coefficient (Wildman–Crippen LogP) is 0.181. The zero-order valence-electron chi connectivity index (χ0n) is 15.3. The van der Waals surface area contributed by atoms with Gasteiger partial charge >= 0.3 is 0 Å². The van der Waals surface area contributed by atoms with Crippen LogP contribution in [0, 0.1) is 0 Å². The summed E-state index contributed by atoms with van der Waals surface area (Å²) in [4.78, 5) is 1.58. The van der Waals surface area contributed by atoms with Gasteiger partial charge < -0.3 is 9.47 Å². The number of benzene rings is 1. The Bertz CT molecular complexity index is 1060. The molecule has 0 spiro atoms. The van der Waals surface area contributed by atoms with Crippen molar-refractivity contribution in [2.24, 2.45) is 0 Å². The maximum Gasteiger partial charge on any atom is 0.247 e. The lowest BCUT2D eigenvalue weighted by molar-refractivity contribution is 0.188. The molecule has 0 aliphatic carbocycles. The van der Waals surface area contributed by atoms with E-state index in [9.17, 15) is 8.42 Å². The molecule has 2 aromatic heterocycles. The van der Waals surface area contributed by atoms with Gasteiger partial charge in [0.15, 0.2) is 0 Å². The molecule has 0 bridgehead atoms. The third-order valence-corrected chi connectivity index (χ3v) is 6.37. The highest BCUT2D eigenvalue weighted by atomic mass is 32.2. The Balaban J connectivity index is 1.47. The maximum atomic E-state index is 13.0. The van der Waals surface area contributed by atoms with Crippen LogP contribution in [0.4, 0.5) is 0 Å². The quantitative estimate of drug-likeness (QED) is 0.546. The average Bonchev–Trinajstić information content (AvgIpc) is 3.32. The van der Waals surface area contributed by atoms with Crippen LogP contribution in [-0.4, -0.2) is 70.0 Å². The van der Waals surface area contributed by atoms with E-state index in [0.29, 0.717) is 31.1 Å². The minimum absolute atomic E-state index is 0.0804. The molecule has 1 saturated heterocycles. The van der Waals surface area contributed by atoms with E-state index in [0.717, 1.165) is 0 Å². The predicted molar refractivity (Wildman–Crippen MR) is 96.5 cm³/mol. The largest absolute Gasteiger partial charge is 0.497 e. The first-order valence-electron chi connectivity index (χ1n) is 8.48. The Morgan fingerprint density at radius 1 is 1.14 bits per heavy atom. The van der Waals surface area contributed by atoms with Crippen molar-refractivity contribution in [3.05, 3.63) is 42.5 Å². The second-order valence-electron chi connectivity index (χ2n) is 6.24. The first kappa shape index (κ1) is 18.4. The Morgan fingerprint density at radius 2 is 1.89 bits per heavy atom. The number of hydrogen-bond donors (Lipinski definition) is 0. The molecule has 0 atom stereocenters. The summed E-state index contributed by atoms with van der Waals surface area (Å²) in [6.07, 6.45) is 4.96. The highest BCUT2D eigenvalue weighted by Crippen LogP contribution is 2.34. The van der Waals surface area contributed by atoms with Gasteiger partial charge in [-0.3, -0.25) is 0 Å². The Labute approximate surface area is 161 Å². The Hall–Kier alpha value is -2.99. The molecule has 0 N–H and O–H groups in total. The third kappa shape index (κ3) is 3.31. The summed E-state index contributed by atoms with van der Waals surface area (Å²) in [5.74, 6) is 0.726. The van der Waals surface area contributed by atoms with Crippen LogP contribution < -0.4 is 9.47 Å². The van der Waals surface area contributed by atoms with E-state index in [1.54, 1.807) is 35.4 Å². The molecule has 0 saturated carbocycles. The van der Waals surface area contributed by atoms with E-state index in [2.05, 4.69) is 20.5 Å². The van der Waals surface area contributed by atoms with Gasteiger partial charge in [-0.2, -0.15) is 19.3 Å². The number of rotatable bonds is 7. The number of nitrogens with zero attached hydrogens (tertiary/aromatic N) is 7. The second kappa shape index (κ2) is 7.20. The van der Waals surface area contributed by atoms with E-state index >= 15 is 0 Å². The van der Waals surface area contributed by atoms with Crippen LogP contribution in [0.2, 0.25) is 0 Å². The normalized spacial score (nSPS) is 15.4. The fourth-order valence-corrected chi connectivity index (χ4v) is 4.62. The van der Waals surface area contributed by atoms with E-state index < -0.39 is 10.0 Å². The van der Waals surface area contributed by atoms with E-state index in [1.807, 2.05) is 0 Å². The minimum atomic E-state index is -3.71. The van der Waals surface area contributed by atoms with Crippen LogP contribution in [0.1, 0.15) is 11.7 Å². The molecule has 0 amide bonds. The molecule has 1 aliphatic rings. The highest BCUT2D eigenvalue weighted by Gasteiger charge is 2.39. The third-order valence-electron chi connectivity index (χ3n) is 4.52. The van der Waals surface area contributed by atoms with Crippen LogP contribution in [0.15, 0.2) is 41.7 Å². The molecular weight excluding hydrogens is 386 g/mol. The van der Waals surface area contributed by atoms with Crippen LogP contribution in [-0.2, 0) is 16.6 Å². The lowest BCUT2D eigenvalue weighted by Crippen LogP contribution is -2.50. The first-order valence-corrected chi connectivity index (χ1v) is 9.92. The fraction of sp³-hybridized carbons (Fsp3) is 0.375. The topological polar surface area (TPSA) is 117 Å². The van der Waals surface area contributed by atoms with Crippen molar-refractivity contribution in [1.29, 1.82) is 0 Å². The number of methoxy groups -OCH3 is 2. The van der Waals surface area contributed by atoms with E-state index in [-0.39, 0.29) is 16.7 Å². The molecule has 148 valence electrons. The number of hydrogen-bond acceptors (Lipinski definition) is 8. The standard InChI is InChI=1S/C16H19N7O4S/c1-26-14-3-4-15(27-2)16(7-14)28(24,25)21-10-13(11-21)22-8-12(19-20-22)9-23-17-5-6-18-23/h3-8,13H,9-11H2,1-2H3. The van der Waals surface area contributed by atoms with Crippen molar-refractivity contribution in [2.75, 3.05) is 27.3 Å². The molecule has 3 aromatic rings. The van der Waals surface area contributed by atoms with Crippen molar-refractivity contribution in [3.63, 3.8) is 0 Å². The maximum absolute atomic E-state index is 13.0. The van der Waals surface area contributed by atoms with E-state index in [1.165, 1.54) is 29.4 Å². The van der Waals surface area contributed by atoms with Gasteiger partial charge in [-0.05, 0) is 12.1 Å². The summed E-state index contributed by atoms with van der Waals surface area (Å²) in [6.45, 7) is 1.000. The summed E-state index contributed by atoms with van der Waals surface area (Å²) in [5, 5.41) is 16.3. The van der Waals surface area contributed by atoms with Gasteiger partial charge in [0.25, 0.3) is 0 Å². The molecule has 1 aromatic carbocycles. The van der Waals surface area contributed by atoms with Gasteiger partial charge in [0.2, 0.25) is 10.0 Å². The Kier molecular flexibility index (Phi) is 4.73. The molecule has 0 unspecified atom stereocenters. The first-order chi connectivity index (χ1) is 13.5. The molecule has 12 heteroatoms. The summed E-state index contributed by atoms with van der Waals surface area (Å²) < 4.78 is 39.4. The molecule has 11 nitrogen and oxygen atoms in total. The molecule has 28 heavy (non-hydrogen) atoms.